The summed E-state index contributed by atoms with van der Waals surface area (Å²) >= 11 is 0. The monoisotopic (exact) mass is 189 g/mol. The maximum Gasteiger partial charge on any atom is 0.192 e. The Balaban J connectivity index is 2.57. The van der Waals surface area contributed by atoms with Gasteiger partial charge in [-0.15, -0.1) is 0 Å². The van der Waals surface area contributed by atoms with E-state index in [-0.39, 0.29) is 11.7 Å². The van der Waals surface area contributed by atoms with Crippen molar-refractivity contribution in [3.05, 3.63) is 30.0 Å². The van der Waals surface area contributed by atoms with Crippen LogP contribution in [0.25, 0.3) is 0 Å². The Morgan fingerprint density at radius 3 is 3.00 bits per heavy atom. The molecule has 0 saturated heterocycles. The number of carbonyl (C=O) groups is 1. The van der Waals surface area contributed by atoms with Crippen LogP contribution in [0.3, 0.4) is 0 Å². The zero-order valence-electron chi connectivity index (χ0n) is 8.16. The van der Waals surface area contributed by atoms with Crippen LogP contribution >= 0.6 is 0 Å². The molecule has 0 spiro atoms. The number of ketones is 1. The van der Waals surface area contributed by atoms with Crippen LogP contribution in [-0.2, 0) is 0 Å². The third-order valence-electron chi connectivity index (χ3n) is 2.35. The Bertz CT molecular complexity index is 425. The fourth-order valence-corrected chi connectivity index (χ4v) is 1.39. The predicted octanol–water partition coefficient (Wildman–Crippen LogP) is 1.54. The highest BCUT2D eigenvalue weighted by atomic mass is 16.1. The third kappa shape index (κ3) is 1.19. The molecule has 1 N–H and O–H groups in total. The first-order valence-corrected chi connectivity index (χ1v) is 4.43. The van der Waals surface area contributed by atoms with Gasteiger partial charge in [0.2, 0.25) is 0 Å². The molecule has 0 radical (unpaired) electrons. The summed E-state index contributed by atoms with van der Waals surface area (Å²) in [5.41, 5.74) is 1.83. The lowest BCUT2D eigenvalue weighted by Crippen LogP contribution is -2.26. The summed E-state index contributed by atoms with van der Waals surface area (Å²) in [4.78, 5) is 19.9. The average molecular weight is 189 g/mol. The molecule has 0 aliphatic carbocycles. The summed E-state index contributed by atoms with van der Waals surface area (Å²) in [5.74, 6) is 0.407. The van der Waals surface area contributed by atoms with Crippen LogP contribution in [0.1, 0.15) is 23.2 Å². The number of rotatable bonds is 0. The van der Waals surface area contributed by atoms with Gasteiger partial charge in [0, 0.05) is 5.70 Å². The van der Waals surface area contributed by atoms with Gasteiger partial charge in [0.1, 0.15) is 11.5 Å². The van der Waals surface area contributed by atoms with Gasteiger partial charge in [0.15, 0.2) is 5.78 Å². The van der Waals surface area contributed by atoms with Crippen LogP contribution in [0.5, 0.6) is 0 Å². The van der Waals surface area contributed by atoms with Gasteiger partial charge in [-0.25, -0.2) is 9.97 Å². The summed E-state index contributed by atoms with van der Waals surface area (Å²) in [7, 11) is 0. The van der Waals surface area contributed by atoms with Gasteiger partial charge < -0.3 is 5.32 Å². The molecule has 4 heteroatoms. The molecule has 1 unspecified atom stereocenters. The van der Waals surface area contributed by atoms with Gasteiger partial charge in [-0.1, -0.05) is 6.58 Å². The number of hydrogen-bond acceptors (Lipinski definition) is 4. The van der Waals surface area contributed by atoms with Crippen LogP contribution in [0, 0.1) is 12.8 Å². The zero-order valence-corrected chi connectivity index (χ0v) is 8.16. The van der Waals surface area contributed by atoms with E-state index >= 15 is 0 Å². The molecule has 0 fully saturated rings. The van der Waals surface area contributed by atoms with Crippen molar-refractivity contribution in [1.82, 2.24) is 9.97 Å². The van der Waals surface area contributed by atoms with E-state index in [4.69, 9.17) is 0 Å². The molecule has 1 aliphatic heterocycles. The molecule has 2 heterocycles. The van der Waals surface area contributed by atoms with Crippen molar-refractivity contribution < 1.29 is 4.79 Å². The molecule has 14 heavy (non-hydrogen) atoms. The van der Waals surface area contributed by atoms with Crippen LogP contribution in [0.15, 0.2) is 18.5 Å². The Morgan fingerprint density at radius 1 is 1.57 bits per heavy atom. The van der Waals surface area contributed by atoms with Crippen molar-refractivity contribution >= 4 is 11.5 Å². The molecule has 1 aromatic heterocycles. The van der Waals surface area contributed by atoms with Crippen molar-refractivity contribution in [2.75, 3.05) is 5.32 Å². The number of nitrogens with one attached hydrogen (secondary N) is 1. The molecule has 2 rings (SSSR count). The van der Waals surface area contributed by atoms with Gasteiger partial charge in [-0.05, 0) is 13.8 Å². The predicted molar refractivity (Wildman–Crippen MR) is 53.0 cm³/mol. The van der Waals surface area contributed by atoms with Gasteiger partial charge in [0.05, 0.1) is 17.8 Å². The maximum absolute atomic E-state index is 11.8. The number of hydrogen-bond donors (Lipinski definition) is 1. The fraction of sp³-hybridized carbons (Fsp3) is 0.300. The minimum Gasteiger partial charge on any atom is -0.356 e. The molecule has 0 amide bonds. The van der Waals surface area contributed by atoms with E-state index < -0.39 is 0 Å². The number of fused-ring (bicyclic) bond motifs is 1. The van der Waals surface area contributed by atoms with E-state index in [9.17, 15) is 4.79 Å². The van der Waals surface area contributed by atoms with Crippen molar-refractivity contribution in [2.24, 2.45) is 5.92 Å². The van der Waals surface area contributed by atoms with E-state index in [2.05, 4.69) is 21.9 Å². The molecule has 1 aliphatic rings. The molecule has 4 nitrogen and oxygen atoms in total. The normalized spacial score (nSPS) is 20.3. The van der Waals surface area contributed by atoms with E-state index in [0.29, 0.717) is 22.9 Å². The lowest BCUT2D eigenvalue weighted by atomic mass is 9.96. The summed E-state index contributed by atoms with van der Waals surface area (Å²) in [6, 6.07) is 0. The molecular weight excluding hydrogens is 178 g/mol. The summed E-state index contributed by atoms with van der Waals surface area (Å²) in [5, 5.41) is 3.03. The standard InChI is InChI=1S/C10H11N3O/c1-5-6(2)12-8-4-11-7(3)13-9(8)10(5)14/h4-5,12H,2H2,1,3H3. The van der Waals surface area contributed by atoms with Crippen molar-refractivity contribution in [3.8, 4) is 0 Å². The van der Waals surface area contributed by atoms with Crippen LogP contribution in [0.2, 0.25) is 0 Å². The van der Waals surface area contributed by atoms with Gasteiger partial charge >= 0.3 is 0 Å². The van der Waals surface area contributed by atoms with Gasteiger partial charge in [-0.2, -0.15) is 0 Å². The second-order valence-corrected chi connectivity index (χ2v) is 3.42. The molecule has 72 valence electrons. The minimum atomic E-state index is -0.211. The number of nitrogens with zero attached hydrogens (tertiary/aromatic N) is 2. The third-order valence-corrected chi connectivity index (χ3v) is 2.35. The highest BCUT2D eigenvalue weighted by molar-refractivity contribution is 6.04. The number of aromatic nitrogens is 2. The molecular formula is C10H11N3O. The Kier molecular flexibility index (Phi) is 1.84. The highest BCUT2D eigenvalue weighted by Crippen LogP contribution is 2.27. The Morgan fingerprint density at radius 2 is 2.29 bits per heavy atom. The molecule has 1 aromatic rings. The van der Waals surface area contributed by atoms with E-state index in [1.54, 1.807) is 13.1 Å². The van der Waals surface area contributed by atoms with Crippen LogP contribution < -0.4 is 5.32 Å². The first-order valence-electron chi connectivity index (χ1n) is 4.43. The highest BCUT2D eigenvalue weighted by Gasteiger charge is 2.28. The summed E-state index contributed by atoms with van der Waals surface area (Å²) < 4.78 is 0. The van der Waals surface area contributed by atoms with Crippen molar-refractivity contribution in [2.45, 2.75) is 13.8 Å². The van der Waals surface area contributed by atoms with E-state index in [1.165, 1.54) is 0 Å². The summed E-state index contributed by atoms with van der Waals surface area (Å²) in [6.45, 7) is 7.36. The number of aryl methyl sites for hydroxylation is 1. The van der Waals surface area contributed by atoms with Crippen LogP contribution in [-0.4, -0.2) is 15.8 Å². The quantitative estimate of drug-likeness (QED) is 0.672. The Labute approximate surface area is 82.1 Å². The maximum atomic E-state index is 11.8. The van der Waals surface area contributed by atoms with Crippen molar-refractivity contribution in [1.29, 1.82) is 0 Å². The first-order chi connectivity index (χ1) is 6.59. The number of Topliss-reactive ketones (excluding diaryl/α,β-unsaturated/α-hetero) is 1. The smallest absolute Gasteiger partial charge is 0.192 e. The minimum absolute atomic E-state index is 0.00856. The second kappa shape index (κ2) is 2.90. The lowest BCUT2D eigenvalue weighted by molar-refractivity contribution is 0.0940. The molecule has 1 atom stereocenters. The zero-order chi connectivity index (χ0) is 10.3. The Hall–Kier alpha value is -1.71. The number of allylic oxidation sites excluding steroid dienone is 1. The SMILES string of the molecule is C=C1Nc2cnc(C)nc2C(=O)C1C. The average Bonchev–Trinajstić information content (AvgIpc) is 2.16. The topological polar surface area (TPSA) is 54.9 Å². The first kappa shape index (κ1) is 8.87. The van der Waals surface area contributed by atoms with Gasteiger partial charge in [-0.3, -0.25) is 4.79 Å². The van der Waals surface area contributed by atoms with Crippen molar-refractivity contribution in [3.63, 3.8) is 0 Å². The van der Waals surface area contributed by atoms with Crippen LogP contribution in [0.4, 0.5) is 5.69 Å². The number of carbonyl (C=O) groups excluding carboxylic acids is 1. The lowest BCUT2D eigenvalue weighted by Gasteiger charge is -2.23. The molecule has 0 saturated carbocycles. The largest absolute Gasteiger partial charge is 0.356 e. The summed E-state index contributed by atoms with van der Waals surface area (Å²) in [6.07, 6.45) is 1.62. The fourth-order valence-electron chi connectivity index (χ4n) is 1.39. The van der Waals surface area contributed by atoms with E-state index in [1.807, 2.05) is 6.92 Å². The molecule has 0 aromatic carbocycles. The molecule has 0 bridgehead atoms. The van der Waals surface area contributed by atoms with Gasteiger partial charge in [0.25, 0.3) is 0 Å². The van der Waals surface area contributed by atoms with E-state index in [0.717, 1.165) is 0 Å². The second-order valence-electron chi connectivity index (χ2n) is 3.42. The number of anilines is 1.